The van der Waals surface area contributed by atoms with Gasteiger partial charge in [-0.15, -0.1) is 0 Å². The highest BCUT2D eigenvalue weighted by molar-refractivity contribution is 7.89. The Labute approximate surface area is 352 Å². The van der Waals surface area contributed by atoms with Crippen molar-refractivity contribution in [2.45, 2.75) is 88.9 Å². The number of hydrogen-bond acceptors (Lipinski definition) is 14. The smallest absolute Gasteiger partial charge is 0.417 e. The Balaban J connectivity index is 1.31. The zero-order valence-electron chi connectivity index (χ0n) is 34.7. The van der Waals surface area contributed by atoms with Crippen LogP contribution in [0.15, 0.2) is 83.8 Å². The Bertz CT molecular complexity index is 1970. The Morgan fingerprint density at radius 3 is 2.32 bits per heavy atom. The van der Waals surface area contributed by atoms with Gasteiger partial charge in [-0.1, -0.05) is 57.5 Å². The molecule has 1 amide bonds. The first-order valence-corrected chi connectivity index (χ1v) is 23.3. The maximum absolute atomic E-state index is 14.0. The largest absolute Gasteiger partial charge is 0.497 e. The number of methoxy groups -OCH3 is 1. The summed E-state index contributed by atoms with van der Waals surface area (Å²) in [5.74, 6) is 0.124. The molecule has 7 atom stereocenters. The molecular formula is C42H57N2O14PS. The summed E-state index contributed by atoms with van der Waals surface area (Å²) in [7, 11) is -6.70. The minimum absolute atomic E-state index is 0.0238. The van der Waals surface area contributed by atoms with Crippen molar-refractivity contribution in [2.75, 3.05) is 46.4 Å². The van der Waals surface area contributed by atoms with E-state index in [0.29, 0.717) is 30.8 Å². The lowest BCUT2D eigenvalue weighted by Crippen LogP contribution is -2.51. The van der Waals surface area contributed by atoms with Crippen LogP contribution in [0.25, 0.3) is 0 Å². The van der Waals surface area contributed by atoms with Crippen LogP contribution in [0.5, 0.6) is 17.2 Å². The Kier molecular flexibility index (Phi) is 17.2. The fraction of sp³-hybridized carbons (Fsp3) is 0.524. The number of rotatable bonds is 23. The number of esters is 1. The van der Waals surface area contributed by atoms with Gasteiger partial charge in [0.15, 0.2) is 12.4 Å². The molecule has 18 heteroatoms. The maximum Gasteiger partial charge on any atom is 0.417 e. The fourth-order valence-electron chi connectivity index (χ4n) is 6.63. The minimum Gasteiger partial charge on any atom is -0.497 e. The third-order valence-electron chi connectivity index (χ3n) is 9.82. The second-order valence-electron chi connectivity index (χ2n) is 15.1. The summed E-state index contributed by atoms with van der Waals surface area (Å²) in [6.45, 7) is 7.73. The van der Waals surface area contributed by atoms with Gasteiger partial charge in [-0.25, -0.2) is 22.6 Å². The predicted octanol–water partition coefficient (Wildman–Crippen LogP) is 6.16. The zero-order chi connectivity index (χ0) is 43.3. The lowest BCUT2D eigenvalue weighted by Gasteiger charge is -2.31. The maximum atomic E-state index is 14.0. The van der Waals surface area contributed by atoms with Crippen molar-refractivity contribution in [1.82, 2.24) is 9.62 Å². The standard InChI is InChI=1S/C42H57N2O14PS/c1-6-7-22-52-40(46)30(4)57-59(48,58-34-11-9-8-10-12-34)28-55-33-15-13-31(14-16-33)24-37(43-42(47)56-39-27-54-41-36(39)21-23-53-41)38(45)26-44(25-29(2)3)60(49,50)35-19-17-32(51-5)18-20-35/h8-20,29-30,36-39,41,45H,6-7,21-28H2,1-5H3,(H,43,47)/t30-,36-,37-,38+,39-,41+,59?/m0/s1. The third-order valence-corrected chi connectivity index (χ3v) is 13.2. The van der Waals surface area contributed by atoms with Crippen LogP contribution in [0.4, 0.5) is 4.79 Å². The van der Waals surface area contributed by atoms with E-state index in [1.807, 2.05) is 20.8 Å². The van der Waals surface area contributed by atoms with Crippen molar-refractivity contribution >= 4 is 29.7 Å². The number of amides is 1. The highest BCUT2D eigenvalue weighted by Gasteiger charge is 2.44. The highest BCUT2D eigenvalue weighted by atomic mass is 32.2. The van der Waals surface area contributed by atoms with Crippen molar-refractivity contribution in [1.29, 1.82) is 0 Å². The van der Waals surface area contributed by atoms with Gasteiger partial charge < -0.3 is 43.4 Å². The molecule has 2 aliphatic heterocycles. The Morgan fingerprint density at radius 1 is 0.950 bits per heavy atom. The number of unbranched alkanes of at least 4 members (excludes halogenated alkanes) is 1. The van der Waals surface area contributed by atoms with Gasteiger partial charge in [-0.2, -0.15) is 4.31 Å². The summed E-state index contributed by atoms with van der Waals surface area (Å²) in [6, 6.07) is 19.9. The normalized spacial score (nSPS) is 20.1. The molecule has 2 fully saturated rings. The van der Waals surface area contributed by atoms with E-state index in [-0.39, 0.29) is 61.0 Å². The number of hydrogen-bond donors (Lipinski definition) is 2. The number of nitrogens with one attached hydrogen (secondary N) is 1. The number of carbonyl (C=O) groups excluding carboxylic acids is 2. The SMILES string of the molecule is CCCCOC(=O)[C@H](C)OP(=O)(COc1ccc(C[C@H](NC(=O)O[C@H]2CO[C@H]3OCC[C@H]32)[C@H](O)CN(CC(C)C)S(=O)(=O)c2ccc(OC)cc2)cc1)Oc1ccccc1. The highest BCUT2D eigenvalue weighted by Crippen LogP contribution is 2.49. The number of ether oxygens (including phenoxy) is 6. The van der Waals surface area contributed by atoms with Crippen LogP contribution in [0.1, 0.15) is 52.5 Å². The van der Waals surface area contributed by atoms with Crippen LogP contribution in [0.2, 0.25) is 0 Å². The summed E-state index contributed by atoms with van der Waals surface area (Å²) in [4.78, 5) is 26.0. The van der Waals surface area contributed by atoms with E-state index in [1.54, 1.807) is 66.7 Å². The molecule has 0 spiro atoms. The zero-order valence-corrected chi connectivity index (χ0v) is 36.4. The van der Waals surface area contributed by atoms with E-state index in [4.69, 9.17) is 37.5 Å². The van der Waals surface area contributed by atoms with Crippen LogP contribution in [-0.2, 0) is 49.3 Å². The van der Waals surface area contributed by atoms with Crippen molar-refractivity contribution < 1.29 is 65.1 Å². The number of para-hydroxylation sites is 1. The van der Waals surface area contributed by atoms with Crippen LogP contribution in [0, 0.1) is 11.8 Å². The molecule has 2 heterocycles. The minimum atomic E-state index is -4.10. The van der Waals surface area contributed by atoms with Crippen LogP contribution in [-0.4, -0.2) is 107 Å². The molecule has 0 radical (unpaired) electrons. The van der Waals surface area contributed by atoms with Gasteiger partial charge in [0.25, 0.3) is 0 Å². The molecule has 2 N–H and O–H groups in total. The van der Waals surface area contributed by atoms with Crippen LogP contribution < -0.4 is 19.3 Å². The van der Waals surface area contributed by atoms with Crippen molar-refractivity contribution in [3.05, 3.63) is 84.4 Å². The van der Waals surface area contributed by atoms with E-state index in [1.165, 1.54) is 30.5 Å². The lowest BCUT2D eigenvalue weighted by atomic mass is 10.0. The number of aliphatic hydroxyl groups is 1. The van der Waals surface area contributed by atoms with Gasteiger partial charge >= 0.3 is 19.7 Å². The van der Waals surface area contributed by atoms with Crippen molar-refractivity contribution in [2.24, 2.45) is 11.8 Å². The summed E-state index contributed by atoms with van der Waals surface area (Å²) in [5.41, 5.74) is 0.636. The molecular weight excluding hydrogens is 820 g/mol. The molecule has 0 bridgehead atoms. The molecule has 1 unspecified atom stereocenters. The first kappa shape index (κ1) is 46.8. The van der Waals surface area contributed by atoms with Gasteiger partial charge in [0, 0.05) is 13.1 Å². The summed E-state index contributed by atoms with van der Waals surface area (Å²) >= 11 is 0. The first-order chi connectivity index (χ1) is 28.7. The third kappa shape index (κ3) is 13.4. The topological polar surface area (TPSA) is 195 Å². The van der Waals surface area contributed by atoms with E-state index in [0.717, 1.165) is 6.42 Å². The number of fused-ring (bicyclic) bond motifs is 1. The van der Waals surface area contributed by atoms with Crippen molar-refractivity contribution in [3.63, 3.8) is 0 Å². The molecule has 3 aromatic rings. The number of sulfonamides is 1. The monoisotopic (exact) mass is 876 g/mol. The summed E-state index contributed by atoms with van der Waals surface area (Å²) < 4.78 is 87.7. The molecule has 60 heavy (non-hydrogen) atoms. The number of carbonyl (C=O) groups is 2. The number of alkyl carbamates (subject to hydrolysis) is 1. The van der Waals surface area contributed by atoms with Gasteiger partial charge in [-0.3, -0.25) is 4.52 Å². The fourth-order valence-corrected chi connectivity index (χ4v) is 9.73. The van der Waals surface area contributed by atoms with Crippen LogP contribution >= 0.6 is 7.60 Å². The number of aliphatic hydroxyl groups excluding tert-OH is 1. The predicted molar refractivity (Wildman–Crippen MR) is 220 cm³/mol. The average molecular weight is 877 g/mol. The average Bonchev–Trinajstić information content (AvgIpc) is 3.85. The number of benzene rings is 3. The molecule has 0 aromatic heterocycles. The Morgan fingerprint density at radius 2 is 1.65 bits per heavy atom. The van der Waals surface area contributed by atoms with E-state index in [9.17, 15) is 27.7 Å². The number of nitrogens with zero attached hydrogens (tertiary/aromatic N) is 1. The molecule has 5 rings (SSSR count). The lowest BCUT2D eigenvalue weighted by molar-refractivity contribution is -0.151. The van der Waals surface area contributed by atoms with Crippen LogP contribution in [0.3, 0.4) is 0 Å². The van der Waals surface area contributed by atoms with Gasteiger partial charge in [0.05, 0.1) is 49.9 Å². The molecule has 3 aromatic carbocycles. The first-order valence-electron chi connectivity index (χ1n) is 20.1. The van der Waals surface area contributed by atoms with Gasteiger partial charge in [0.2, 0.25) is 16.4 Å². The van der Waals surface area contributed by atoms with E-state index in [2.05, 4.69) is 5.32 Å². The molecule has 16 nitrogen and oxygen atoms in total. The molecule has 2 aliphatic rings. The van der Waals surface area contributed by atoms with E-state index >= 15 is 0 Å². The van der Waals surface area contributed by atoms with E-state index < -0.39 is 66.7 Å². The van der Waals surface area contributed by atoms with Gasteiger partial charge in [-0.05, 0) is 86.2 Å². The van der Waals surface area contributed by atoms with Gasteiger partial charge in [0.1, 0.15) is 23.4 Å². The second-order valence-corrected chi connectivity index (χ2v) is 18.9. The Hall–Kier alpha value is -4.22. The quantitative estimate of drug-likeness (QED) is 0.0625. The molecule has 0 aliphatic carbocycles. The summed E-state index contributed by atoms with van der Waals surface area (Å²) in [6.07, 6.45) is -2.72. The molecule has 330 valence electrons. The van der Waals surface area contributed by atoms with Crippen molar-refractivity contribution in [3.8, 4) is 17.2 Å². The molecule has 0 saturated carbocycles. The summed E-state index contributed by atoms with van der Waals surface area (Å²) in [5, 5.41) is 14.5. The molecule has 2 saturated heterocycles. The second kappa shape index (κ2) is 22.0.